The zero-order valence-corrected chi connectivity index (χ0v) is 13.9. The summed E-state index contributed by atoms with van der Waals surface area (Å²) >= 11 is 13.0. The average molecular weight is 346 g/mol. The number of halogens is 2. The van der Waals surface area contributed by atoms with Crippen LogP contribution in [0.25, 0.3) is 0 Å². The number of carbonyl (C=O) groups is 1. The lowest BCUT2D eigenvalue weighted by atomic mass is 10.1. The van der Waals surface area contributed by atoms with E-state index in [1.807, 2.05) is 6.92 Å². The summed E-state index contributed by atoms with van der Waals surface area (Å²) in [6, 6.07) is 5.03. The van der Waals surface area contributed by atoms with Gasteiger partial charge in [0.25, 0.3) is 5.91 Å². The molecule has 1 aromatic heterocycles. The summed E-state index contributed by atoms with van der Waals surface area (Å²) in [4.78, 5) is 12.2. The number of ether oxygens (including phenoxy) is 2. The highest BCUT2D eigenvalue weighted by molar-refractivity contribution is 7.20. The van der Waals surface area contributed by atoms with Gasteiger partial charge in [-0.05, 0) is 24.6 Å². The number of thiophene rings is 1. The van der Waals surface area contributed by atoms with Crippen LogP contribution in [0.1, 0.15) is 15.9 Å². The summed E-state index contributed by atoms with van der Waals surface area (Å²) in [6.45, 7) is 1.86. The van der Waals surface area contributed by atoms with E-state index in [1.54, 1.807) is 25.3 Å². The molecule has 21 heavy (non-hydrogen) atoms. The van der Waals surface area contributed by atoms with Gasteiger partial charge < -0.3 is 14.8 Å². The second-order valence-electron chi connectivity index (χ2n) is 4.21. The molecular formula is C14H13Cl2NO3S. The molecule has 1 amide bonds. The van der Waals surface area contributed by atoms with E-state index in [-0.39, 0.29) is 5.91 Å². The summed E-state index contributed by atoms with van der Waals surface area (Å²) in [5, 5.41) is 2.80. The molecular weight excluding hydrogens is 333 g/mol. The highest BCUT2D eigenvalue weighted by Gasteiger charge is 2.16. The predicted octanol–water partition coefficient (Wildman–Crippen LogP) is 4.63. The Hall–Kier alpha value is -1.43. The molecule has 1 heterocycles. The topological polar surface area (TPSA) is 47.6 Å². The Kier molecular flexibility index (Phi) is 4.98. The Morgan fingerprint density at radius 3 is 2.29 bits per heavy atom. The first-order valence-corrected chi connectivity index (χ1v) is 7.52. The Morgan fingerprint density at radius 2 is 1.76 bits per heavy atom. The molecule has 0 aliphatic carbocycles. The smallest absolute Gasteiger partial charge is 0.258 e. The highest BCUT2D eigenvalue weighted by atomic mass is 35.5. The third-order valence-electron chi connectivity index (χ3n) is 2.88. The molecule has 1 N–H and O–H groups in total. The lowest BCUT2D eigenvalue weighted by Gasteiger charge is -2.13. The van der Waals surface area contributed by atoms with Gasteiger partial charge in [0, 0.05) is 11.8 Å². The molecule has 0 aliphatic heterocycles. The van der Waals surface area contributed by atoms with Crippen molar-refractivity contribution in [3.63, 3.8) is 0 Å². The number of carbonyl (C=O) groups excluding carboxylic acids is 1. The van der Waals surface area contributed by atoms with E-state index in [9.17, 15) is 4.79 Å². The van der Waals surface area contributed by atoms with Gasteiger partial charge >= 0.3 is 0 Å². The van der Waals surface area contributed by atoms with Gasteiger partial charge in [-0.1, -0.05) is 23.2 Å². The van der Waals surface area contributed by atoms with Gasteiger partial charge in [-0.2, -0.15) is 0 Å². The van der Waals surface area contributed by atoms with Crippen LogP contribution in [0, 0.1) is 6.92 Å². The highest BCUT2D eigenvalue weighted by Crippen LogP contribution is 2.35. The number of anilines is 1. The minimum atomic E-state index is -0.321. The first kappa shape index (κ1) is 15.9. The van der Waals surface area contributed by atoms with Crippen LogP contribution >= 0.6 is 34.5 Å². The molecule has 0 saturated carbocycles. The van der Waals surface area contributed by atoms with E-state index in [2.05, 4.69) is 5.32 Å². The van der Waals surface area contributed by atoms with Gasteiger partial charge in [0.05, 0.1) is 24.1 Å². The Morgan fingerprint density at radius 1 is 1.14 bits per heavy atom. The summed E-state index contributed by atoms with van der Waals surface area (Å²) in [5.41, 5.74) is 1.82. The van der Waals surface area contributed by atoms with Crippen molar-refractivity contribution in [3.8, 4) is 11.5 Å². The van der Waals surface area contributed by atoms with Crippen LogP contribution in [-0.2, 0) is 0 Å². The molecule has 4 nitrogen and oxygen atoms in total. The SMILES string of the molecule is COc1cc(C)c(NC(=O)c2cc(Cl)sc2Cl)cc1OC. The zero-order chi connectivity index (χ0) is 15.6. The minimum Gasteiger partial charge on any atom is -0.493 e. The fourth-order valence-corrected chi connectivity index (χ4v) is 3.26. The molecule has 0 fully saturated rings. The number of amides is 1. The van der Waals surface area contributed by atoms with Crippen molar-refractivity contribution >= 4 is 46.1 Å². The largest absolute Gasteiger partial charge is 0.493 e. The first-order valence-electron chi connectivity index (χ1n) is 5.95. The number of hydrogen-bond donors (Lipinski definition) is 1. The Balaban J connectivity index is 2.31. The molecule has 0 aliphatic rings. The van der Waals surface area contributed by atoms with Gasteiger partial charge in [-0.3, -0.25) is 4.79 Å². The van der Waals surface area contributed by atoms with Crippen molar-refractivity contribution in [2.45, 2.75) is 6.92 Å². The van der Waals surface area contributed by atoms with Crippen LogP contribution in [0.5, 0.6) is 11.5 Å². The molecule has 112 valence electrons. The van der Waals surface area contributed by atoms with Crippen LogP contribution in [0.2, 0.25) is 8.67 Å². The van der Waals surface area contributed by atoms with Crippen molar-refractivity contribution in [2.24, 2.45) is 0 Å². The van der Waals surface area contributed by atoms with Crippen molar-refractivity contribution < 1.29 is 14.3 Å². The van der Waals surface area contributed by atoms with E-state index in [0.29, 0.717) is 31.4 Å². The second-order valence-corrected chi connectivity index (χ2v) is 6.50. The minimum absolute atomic E-state index is 0.321. The van der Waals surface area contributed by atoms with Crippen LogP contribution in [0.4, 0.5) is 5.69 Å². The van der Waals surface area contributed by atoms with E-state index >= 15 is 0 Å². The number of methoxy groups -OCH3 is 2. The molecule has 0 spiro atoms. The summed E-state index contributed by atoms with van der Waals surface area (Å²) in [6.07, 6.45) is 0. The van der Waals surface area contributed by atoms with Crippen LogP contribution in [-0.4, -0.2) is 20.1 Å². The van der Waals surface area contributed by atoms with Crippen LogP contribution in [0.3, 0.4) is 0 Å². The standard InChI is InChI=1S/C14H13Cl2NO3S/c1-7-4-10(19-2)11(20-3)6-9(7)17-14(18)8-5-12(15)21-13(8)16/h4-6H,1-3H3,(H,17,18). The normalized spacial score (nSPS) is 10.3. The maximum Gasteiger partial charge on any atom is 0.258 e. The molecule has 0 saturated heterocycles. The molecule has 0 radical (unpaired) electrons. The van der Waals surface area contributed by atoms with Crippen molar-refractivity contribution in [1.82, 2.24) is 0 Å². The van der Waals surface area contributed by atoms with Crippen molar-refractivity contribution in [1.29, 1.82) is 0 Å². The third-order valence-corrected chi connectivity index (χ3v) is 4.37. The lowest BCUT2D eigenvalue weighted by Crippen LogP contribution is -2.12. The van der Waals surface area contributed by atoms with Gasteiger partial charge in [0.1, 0.15) is 4.34 Å². The predicted molar refractivity (Wildman–Crippen MR) is 86.6 cm³/mol. The van der Waals surface area contributed by atoms with Crippen LogP contribution in [0.15, 0.2) is 18.2 Å². The Labute approximate surface area is 136 Å². The molecule has 7 heteroatoms. The van der Waals surface area contributed by atoms with Gasteiger partial charge in [-0.15, -0.1) is 11.3 Å². The number of hydrogen-bond acceptors (Lipinski definition) is 4. The van der Waals surface area contributed by atoms with Crippen LogP contribution < -0.4 is 14.8 Å². The molecule has 0 bridgehead atoms. The molecule has 2 aromatic rings. The fraction of sp³-hybridized carbons (Fsp3) is 0.214. The first-order chi connectivity index (χ1) is 9.96. The van der Waals surface area contributed by atoms with E-state index < -0.39 is 0 Å². The third kappa shape index (κ3) is 3.43. The zero-order valence-electron chi connectivity index (χ0n) is 11.6. The number of benzene rings is 1. The maximum absolute atomic E-state index is 12.2. The average Bonchev–Trinajstić information content (AvgIpc) is 2.79. The summed E-state index contributed by atoms with van der Waals surface area (Å²) in [5.74, 6) is 0.816. The van der Waals surface area contributed by atoms with Crippen molar-refractivity contribution in [2.75, 3.05) is 19.5 Å². The maximum atomic E-state index is 12.2. The van der Waals surface area contributed by atoms with E-state index in [0.717, 1.165) is 16.9 Å². The summed E-state index contributed by atoms with van der Waals surface area (Å²) in [7, 11) is 3.09. The molecule has 1 aromatic carbocycles. The fourth-order valence-electron chi connectivity index (χ4n) is 1.80. The van der Waals surface area contributed by atoms with Crippen molar-refractivity contribution in [3.05, 3.63) is 38.0 Å². The Bertz CT molecular complexity index is 685. The lowest BCUT2D eigenvalue weighted by molar-refractivity contribution is 0.102. The quantitative estimate of drug-likeness (QED) is 0.878. The number of nitrogens with one attached hydrogen (secondary N) is 1. The molecule has 0 atom stereocenters. The van der Waals surface area contributed by atoms with Gasteiger partial charge in [-0.25, -0.2) is 0 Å². The second kappa shape index (κ2) is 6.56. The summed E-state index contributed by atoms with van der Waals surface area (Å²) < 4.78 is 11.3. The van der Waals surface area contributed by atoms with Gasteiger partial charge in [0.15, 0.2) is 11.5 Å². The number of aryl methyl sites for hydroxylation is 1. The molecule has 2 rings (SSSR count). The molecule has 0 unspecified atom stereocenters. The number of rotatable bonds is 4. The van der Waals surface area contributed by atoms with E-state index in [4.69, 9.17) is 32.7 Å². The van der Waals surface area contributed by atoms with E-state index in [1.165, 1.54) is 7.11 Å². The van der Waals surface area contributed by atoms with Gasteiger partial charge in [0.2, 0.25) is 0 Å². The monoisotopic (exact) mass is 345 g/mol.